The number of nitrogens with zero attached hydrogens (tertiary/aromatic N) is 1. The first kappa shape index (κ1) is 12.8. The van der Waals surface area contributed by atoms with Crippen LogP contribution in [0.4, 0.5) is 0 Å². The van der Waals surface area contributed by atoms with Gasteiger partial charge in [0, 0.05) is 32.3 Å². The van der Waals surface area contributed by atoms with Gasteiger partial charge < -0.3 is 10.6 Å². The van der Waals surface area contributed by atoms with Crippen molar-refractivity contribution in [1.29, 1.82) is 0 Å². The lowest BCUT2D eigenvalue weighted by Gasteiger charge is -2.09. The Hall–Kier alpha value is -0.220. The number of carbonyl (C=O) groups excluding carboxylic acids is 1. The first-order valence-electron chi connectivity index (χ1n) is 4.57. The van der Waals surface area contributed by atoms with Crippen LogP contribution in [0.2, 0.25) is 0 Å². The third kappa shape index (κ3) is 8.12. The molecule has 0 radical (unpaired) electrons. The van der Waals surface area contributed by atoms with E-state index in [1.807, 2.05) is 6.92 Å². The minimum Gasteiger partial charge on any atom is -0.349 e. The molecule has 0 spiro atoms. The minimum atomic E-state index is 0.202. The smallest absolute Gasteiger partial charge is 0.222 e. The van der Waals surface area contributed by atoms with Crippen molar-refractivity contribution in [1.82, 2.24) is 4.90 Å². The lowest BCUT2D eigenvalue weighted by atomic mass is 10.3. The van der Waals surface area contributed by atoms with E-state index in [4.69, 9.17) is 5.73 Å². The fourth-order valence-electron chi connectivity index (χ4n) is 0.754. The molecule has 0 saturated heterocycles. The van der Waals surface area contributed by atoms with Gasteiger partial charge in [-0.3, -0.25) is 4.79 Å². The largest absolute Gasteiger partial charge is 0.349 e. The van der Waals surface area contributed by atoms with Crippen molar-refractivity contribution in [2.75, 3.05) is 25.6 Å². The second-order valence-electron chi connectivity index (χ2n) is 3.42. The van der Waals surface area contributed by atoms with Crippen LogP contribution in [0.1, 0.15) is 19.8 Å². The minimum absolute atomic E-state index is 0.202. The maximum Gasteiger partial charge on any atom is 0.222 e. The van der Waals surface area contributed by atoms with E-state index in [9.17, 15) is 4.79 Å². The lowest BCUT2D eigenvalue weighted by molar-refractivity contribution is -0.128. The van der Waals surface area contributed by atoms with Gasteiger partial charge in [-0.15, -0.1) is 0 Å². The average Bonchev–Trinajstić information content (AvgIpc) is 2.02. The first-order valence-corrected chi connectivity index (χ1v) is 5.73. The standard InChI is InChI=1S/C9H20N2OS/c1-8(10)4-6-13-7-5-9(12)11(2)3/h8H,4-7,10H2,1-3H3. The molecular weight excluding hydrogens is 184 g/mol. The SMILES string of the molecule is CC(N)CCSCCC(=O)N(C)C. The Morgan fingerprint density at radius 2 is 2.08 bits per heavy atom. The van der Waals surface area contributed by atoms with Crippen molar-refractivity contribution in [3.05, 3.63) is 0 Å². The zero-order valence-electron chi connectivity index (χ0n) is 8.75. The predicted octanol–water partition coefficient (Wildman–Crippen LogP) is 0.935. The van der Waals surface area contributed by atoms with Crippen LogP contribution in [0.3, 0.4) is 0 Å². The molecule has 0 saturated carbocycles. The van der Waals surface area contributed by atoms with Crippen molar-refractivity contribution in [2.24, 2.45) is 5.73 Å². The number of amides is 1. The zero-order valence-corrected chi connectivity index (χ0v) is 9.56. The maximum absolute atomic E-state index is 11.1. The summed E-state index contributed by atoms with van der Waals surface area (Å²) in [6, 6.07) is 0.275. The van der Waals surface area contributed by atoms with Gasteiger partial charge in [-0.2, -0.15) is 11.8 Å². The normalized spacial score (nSPS) is 12.6. The Labute approximate surface area is 85.0 Å². The highest BCUT2D eigenvalue weighted by molar-refractivity contribution is 7.99. The number of carbonyl (C=O) groups is 1. The molecule has 2 N–H and O–H groups in total. The Morgan fingerprint density at radius 1 is 1.46 bits per heavy atom. The first-order chi connectivity index (χ1) is 6.04. The van der Waals surface area contributed by atoms with E-state index in [2.05, 4.69) is 0 Å². The van der Waals surface area contributed by atoms with Crippen molar-refractivity contribution in [2.45, 2.75) is 25.8 Å². The molecule has 0 fully saturated rings. The second-order valence-corrected chi connectivity index (χ2v) is 4.64. The Bertz CT molecular complexity index is 149. The van der Waals surface area contributed by atoms with Crippen LogP contribution in [0.5, 0.6) is 0 Å². The summed E-state index contributed by atoms with van der Waals surface area (Å²) in [5.74, 6) is 2.16. The van der Waals surface area contributed by atoms with Crippen LogP contribution in [0.25, 0.3) is 0 Å². The van der Waals surface area contributed by atoms with Crippen LogP contribution in [0.15, 0.2) is 0 Å². The summed E-state index contributed by atoms with van der Waals surface area (Å²) in [6.07, 6.45) is 1.66. The molecule has 0 aliphatic rings. The summed E-state index contributed by atoms with van der Waals surface area (Å²) in [5.41, 5.74) is 5.59. The summed E-state index contributed by atoms with van der Waals surface area (Å²) in [5, 5.41) is 0. The third-order valence-corrected chi connectivity index (χ3v) is 2.69. The molecule has 13 heavy (non-hydrogen) atoms. The second kappa shape index (κ2) is 7.21. The molecule has 78 valence electrons. The molecule has 0 bridgehead atoms. The predicted molar refractivity (Wildman–Crippen MR) is 58.9 cm³/mol. The van der Waals surface area contributed by atoms with Crippen LogP contribution >= 0.6 is 11.8 Å². The van der Waals surface area contributed by atoms with E-state index in [1.165, 1.54) is 0 Å². The highest BCUT2D eigenvalue weighted by Gasteiger charge is 2.02. The fourth-order valence-corrected chi connectivity index (χ4v) is 1.82. The molecule has 1 amide bonds. The molecule has 1 atom stereocenters. The topological polar surface area (TPSA) is 46.3 Å². The van der Waals surface area contributed by atoms with E-state index in [-0.39, 0.29) is 11.9 Å². The Morgan fingerprint density at radius 3 is 2.54 bits per heavy atom. The number of hydrogen-bond donors (Lipinski definition) is 1. The van der Waals surface area contributed by atoms with Gasteiger partial charge in [0.15, 0.2) is 0 Å². The van der Waals surface area contributed by atoms with E-state index < -0.39 is 0 Å². The molecule has 0 aromatic carbocycles. The van der Waals surface area contributed by atoms with Crippen LogP contribution in [-0.2, 0) is 4.79 Å². The zero-order chi connectivity index (χ0) is 10.3. The molecule has 4 heteroatoms. The van der Waals surface area contributed by atoms with Gasteiger partial charge in [0.2, 0.25) is 5.91 Å². The fraction of sp³-hybridized carbons (Fsp3) is 0.889. The van der Waals surface area contributed by atoms with E-state index >= 15 is 0 Å². The van der Waals surface area contributed by atoms with E-state index in [1.54, 1.807) is 30.8 Å². The molecule has 0 heterocycles. The highest BCUT2D eigenvalue weighted by atomic mass is 32.2. The van der Waals surface area contributed by atoms with Crippen molar-refractivity contribution < 1.29 is 4.79 Å². The third-order valence-electron chi connectivity index (χ3n) is 1.68. The van der Waals surface area contributed by atoms with E-state index in [0.717, 1.165) is 17.9 Å². The van der Waals surface area contributed by atoms with Gasteiger partial charge in [-0.1, -0.05) is 0 Å². The van der Waals surface area contributed by atoms with Gasteiger partial charge in [0.05, 0.1) is 0 Å². The Balaban J connectivity index is 3.21. The number of rotatable bonds is 6. The molecule has 0 aliphatic heterocycles. The quantitative estimate of drug-likeness (QED) is 0.655. The molecular formula is C9H20N2OS. The number of hydrogen-bond acceptors (Lipinski definition) is 3. The summed E-state index contributed by atoms with van der Waals surface area (Å²) in [6.45, 7) is 2.01. The van der Waals surface area contributed by atoms with Crippen LogP contribution in [0, 0.1) is 0 Å². The van der Waals surface area contributed by atoms with Gasteiger partial charge in [0.1, 0.15) is 0 Å². The Kier molecular flexibility index (Phi) is 7.09. The molecule has 3 nitrogen and oxygen atoms in total. The van der Waals surface area contributed by atoms with E-state index in [0.29, 0.717) is 6.42 Å². The maximum atomic E-state index is 11.1. The number of thioether (sulfide) groups is 1. The van der Waals surface area contributed by atoms with Gasteiger partial charge >= 0.3 is 0 Å². The van der Waals surface area contributed by atoms with Crippen LogP contribution in [-0.4, -0.2) is 42.4 Å². The average molecular weight is 204 g/mol. The van der Waals surface area contributed by atoms with Crippen molar-refractivity contribution in [3.63, 3.8) is 0 Å². The number of nitrogens with two attached hydrogens (primary N) is 1. The van der Waals surface area contributed by atoms with Gasteiger partial charge in [0.25, 0.3) is 0 Å². The summed E-state index contributed by atoms with van der Waals surface area (Å²) in [7, 11) is 3.57. The highest BCUT2D eigenvalue weighted by Crippen LogP contribution is 2.06. The summed E-state index contributed by atoms with van der Waals surface area (Å²) in [4.78, 5) is 12.8. The van der Waals surface area contributed by atoms with Gasteiger partial charge in [-0.25, -0.2) is 0 Å². The van der Waals surface area contributed by atoms with Crippen molar-refractivity contribution in [3.8, 4) is 0 Å². The van der Waals surface area contributed by atoms with Gasteiger partial charge in [-0.05, 0) is 19.1 Å². The van der Waals surface area contributed by atoms with Crippen molar-refractivity contribution >= 4 is 17.7 Å². The molecule has 0 aromatic rings. The summed E-state index contributed by atoms with van der Waals surface area (Å²) < 4.78 is 0. The molecule has 1 unspecified atom stereocenters. The van der Waals surface area contributed by atoms with Crippen LogP contribution < -0.4 is 5.73 Å². The lowest BCUT2D eigenvalue weighted by Crippen LogP contribution is -2.22. The summed E-state index contributed by atoms with van der Waals surface area (Å²) >= 11 is 1.80. The molecule has 0 rings (SSSR count). The molecule has 0 aliphatic carbocycles. The molecule has 0 aromatic heterocycles. The monoisotopic (exact) mass is 204 g/mol.